The Labute approximate surface area is 156 Å². The molecule has 0 radical (unpaired) electrons. The van der Waals surface area contributed by atoms with Crippen molar-refractivity contribution in [2.24, 2.45) is 28.6 Å². The second kappa shape index (κ2) is 7.09. The fraction of sp³-hybridized carbons (Fsp3) is 0.760. The molecule has 0 aromatic rings. The zero-order chi connectivity index (χ0) is 18.2. The van der Waals surface area contributed by atoms with Gasteiger partial charge in [0.15, 0.2) is 0 Å². The van der Waals surface area contributed by atoms with Gasteiger partial charge >= 0.3 is 0 Å². The molecule has 0 spiro atoms. The maximum atomic E-state index is 4.36. The van der Waals surface area contributed by atoms with Gasteiger partial charge in [0.2, 0.25) is 0 Å². The fourth-order valence-corrected chi connectivity index (χ4v) is 6.77. The Morgan fingerprint density at radius 3 is 2.44 bits per heavy atom. The fourth-order valence-electron chi connectivity index (χ4n) is 6.77. The summed E-state index contributed by atoms with van der Waals surface area (Å²) in [5.41, 5.74) is 5.68. The monoisotopic (exact) mass is 340 g/mol. The van der Waals surface area contributed by atoms with Crippen LogP contribution in [0.1, 0.15) is 92.4 Å². The molecule has 0 bridgehead atoms. The summed E-state index contributed by atoms with van der Waals surface area (Å²) in [6.45, 7) is 16.6. The van der Waals surface area contributed by atoms with Crippen molar-refractivity contribution in [1.82, 2.24) is 0 Å². The summed E-state index contributed by atoms with van der Waals surface area (Å²) < 4.78 is 0. The van der Waals surface area contributed by atoms with Gasteiger partial charge in [-0.25, -0.2) is 0 Å². The quantitative estimate of drug-likeness (QED) is 0.426. The Bertz CT molecular complexity index is 577. The molecule has 0 aromatic heterocycles. The average molecular weight is 341 g/mol. The molecule has 3 rings (SSSR count). The molecule has 2 fully saturated rings. The van der Waals surface area contributed by atoms with E-state index in [1.807, 2.05) is 0 Å². The maximum Gasteiger partial charge on any atom is -0.0175 e. The van der Waals surface area contributed by atoms with Crippen LogP contribution in [0.4, 0.5) is 0 Å². The largest absolute Gasteiger partial charge is 0.0999 e. The number of hydrogen-bond donors (Lipinski definition) is 0. The van der Waals surface area contributed by atoms with Crippen molar-refractivity contribution < 1.29 is 0 Å². The zero-order valence-corrected chi connectivity index (χ0v) is 17.5. The molecule has 2 saturated carbocycles. The van der Waals surface area contributed by atoms with Crippen LogP contribution in [-0.4, -0.2) is 0 Å². The molecule has 0 amide bonds. The molecule has 0 nitrogen and oxygen atoms in total. The van der Waals surface area contributed by atoms with Crippen LogP contribution < -0.4 is 0 Å². The summed E-state index contributed by atoms with van der Waals surface area (Å²) in [5.74, 6) is 2.51. The van der Waals surface area contributed by atoms with Crippen LogP contribution in [0.25, 0.3) is 0 Å². The first-order valence-electron chi connectivity index (χ1n) is 10.7. The number of allylic oxidation sites excluding steroid dienone is 5. The lowest BCUT2D eigenvalue weighted by molar-refractivity contribution is -0.0503. The summed E-state index contributed by atoms with van der Waals surface area (Å²) in [5, 5.41) is 0. The second-order valence-corrected chi connectivity index (χ2v) is 10.2. The van der Waals surface area contributed by atoms with E-state index in [2.05, 4.69) is 53.3 Å². The van der Waals surface area contributed by atoms with Crippen LogP contribution in [0.5, 0.6) is 0 Å². The van der Waals surface area contributed by atoms with E-state index >= 15 is 0 Å². The van der Waals surface area contributed by atoms with E-state index in [4.69, 9.17) is 0 Å². The first kappa shape index (κ1) is 19.0. The molecule has 0 heterocycles. The van der Waals surface area contributed by atoms with E-state index in [0.717, 1.165) is 17.8 Å². The van der Waals surface area contributed by atoms with Crippen molar-refractivity contribution in [2.75, 3.05) is 0 Å². The van der Waals surface area contributed by atoms with E-state index < -0.39 is 0 Å². The zero-order valence-electron chi connectivity index (χ0n) is 17.5. The van der Waals surface area contributed by atoms with Gasteiger partial charge in [-0.05, 0) is 107 Å². The van der Waals surface area contributed by atoms with Gasteiger partial charge < -0.3 is 0 Å². The van der Waals surface area contributed by atoms with Crippen LogP contribution in [-0.2, 0) is 0 Å². The molecule has 0 aliphatic heterocycles. The molecular formula is C25H40. The van der Waals surface area contributed by atoms with Crippen molar-refractivity contribution in [2.45, 2.75) is 92.4 Å². The molecule has 5 unspecified atom stereocenters. The first-order valence-corrected chi connectivity index (χ1v) is 10.7. The summed E-state index contributed by atoms with van der Waals surface area (Å²) in [6.07, 6.45) is 17.2. The summed E-state index contributed by atoms with van der Waals surface area (Å²) >= 11 is 0. The van der Waals surface area contributed by atoms with Crippen LogP contribution in [0.15, 0.2) is 35.5 Å². The molecule has 5 atom stereocenters. The van der Waals surface area contributed by atoms with Gasteiger partial charge in [-0.15, -0.1) is 0 Å². The molecular weight excluding hydrogens is 300 g/mol. The van der Waals surface area contributed by atoms with E-state index in [1.165, 1.54) is 63.4 Å². The van der Waals surface area contributed by atoms with Crippen LogP contribution in [0.2, 0.25) is 0 Å². The van der Waals surface area contributed by atoms with Gasteiger partial charge in [-0.1, -0.05) is 49.3 Å². The van der Waals surface area contributed by atoms with Crippen LogP contribution in [0.3, 0.4) is 0 Å². The minimum absolute atomic E-state index is 0.487. The van der Waals surface area contributed by atoms with Gasteiger partial charge in [0.25, 0.3) is 0 Å². The third kappa shape index (κ3) is 3.56. The van der Waals surface area contributed by atoms with Gasteiger partial charge in [0.05, 0.1) is 0 Å². The lowest BCUT2D eigenvalue weighted by Crippen LogP contribution is -2.47. The first-order chi connectivity index (χ1) is 11.8. The number of fused-ring (bicyclic) bond motifs is 3. The third-order valence-corrected chi connectivity index (χ3v) is 8.40. The molecule has 0 aromatic carbocycles. The standard InChI is InChI=1S/C25H40/c1-18(2)21-13-17-25(6)22(21)14-16-24(5)15-12-20(4)9-7-8-19(3)10-11-23(24)25/h8,12,21-23H,1,7,9-11,13-17H2,2-6H3. The van der Waals surface area contributed by atoms with Crippen LogP contribution in [0, 0.1) is 28.6 Å². The molecule has 0 saturated heterocycles. The van der Waals surface area contributed by atoms with Gasteiger partial charge in [0, 0.05) is 0 Å². The van der Waals surface area contributed by atoms with Crippen molar-refractivity contribution in [3.8, 4) is 0 Å². The number of hydrogen-bond acceptors (Lipinski definition) is 0. The van der Waals surface area contributed by atoms with E-state index in [9.17, 15) is 0 Å². The minimum atomic E-state index is 0.487. The smallest absolute Gasteiger partial charge is 0.0175 e. The number of rotatable bonds is 1. The van der Waals surface area contributed by atoms with E-state index in [-0.39, 0.29) is 0 Å². The van der Waals surface area contributed by atoms with Gasteiger partial charge in [0.1, 0.15) is 0 Å². The SMILES string of the molecule is C=C(C)C1CCC2(C)C1CCC1(C)CC=C(C)CCC=C(C)CCC12. The molecule has 3 aliphatic carbocycles. The van der Waals surface area contributed by atoms with E-state index in [0.29, 0.717) is 10.8 Å². The lowest BCUT2D eigenvalue weighted by atomic mass is 9.49. The summed E-state index contributed by atoms with van der Waals surface area (Å²) in [6, 6.07) is 0. The van der Waals surface area contributed by atoms with Gasteiger partial charge in [-0.3, -0.25) is 0 Å². The highest BCUT2D eigenvalue weighted by molar-refractivity contribution is 5.16. The third-order valence-electron chi connectivity index (χ3n) is 8.40. The topological polar surface area (TPSA) is 0 Å². The highest BCUT2D eigenvalue weighted by Gasteiger charge is 2.57. The molecule has 25 heavy (non-hydrogen) atoms. The molecule has 140 valence electrons. The molecule has 3 aliphatic rings. The van der Waals surface area contributed by atoms with Crippen molar-refractivity contribution in [1.29, 1.82) is 0 Å². The van der Waals surface area contributed by atoms with Crippen molar-refractivity contribution >= 4 is 0 Å². The minimum Gasteiger partial charge on any atom is -0.0999 e. The summed E-state index contributed by atoms with van der Waals surface area (Å²) in [7, 11) is 0. The second-order valence-electron chi connectivity index (χ2n) is 10.2. The summed E-state index contributed by atoms with van der Waals surface area (Å²) in [4.78, 5) is 0. The Morgan fingerprint density at radius 1 is 1.00 bits per heavy atom. The normalized spacial score (nSPS) is 42.5. The van der Waals surface area contributed by atoms with Gasteiger partial charge in [-0.2, -0.15) is 0 Å². The molecule has 0 heteroatoms. The van der Waals surface area contributed by atoms with E-state index in [1.54, 1.807) is 11.1 Å². The average Bonchev–Trinajstić information content (AvgIpc) is 2.88. The lowest BCUT2D eigenvalue weighted by Gasteiger charge is -2.55. The van der Waals surface area contributed by atoms with Crippen molar-refractivity contribution in [3.63, 3.8) is 0 Å². The Hall–Kier alpha value is -0.780. The molecule has 0 N–H and O–H groups in total. The Balaban J connectivity index is 1.95. The van der Waals surface area contributed by atoms with Crippen LogP contribution >= 0.6 is 0 Å². The predicted molar refractivity (Wildman–Crippen MR) is 111 cm³/mol. The highest BCUT2D eigenvalue weighted by Crippen LogP contribution is 2.65. The Morgan fingerprint density at radius 2 is 1.72 bits per heavy atom. The highest BCUT2D eigenvalue weighted by atomic mass is 14.6. The Kier molecular flexibility index (Phi) is 5.38. The predicted octanol–water partition coefficient (Wildman–Crippen LogP) is 7.87. The maximum absolute atomic E-state index is 4.36. The van der Waals surface area contributed by atoms with Crippen molar-refractivity contribution in [3.05, 3.63) is 35.5 Å².